The van der Waals surface area contributed by atoms with Gasteiger partial charge in [-0.25, -0.2) is 0 Å². The van der Waals surface area contributed by atoms with Crippen LogP contribution in [0.15, 0.2) is 18.2 Å². The summed E-state index contributed by atoms with van der Waals surface area (Å²) >= 11 is 0. The number of hydrogen-bond donors (Lipinski definition) is 1. The van der Waals surface area contributed by atoms with Crippen molar-refractivity contribution in [2.45, 2.75) is 24.9 Å². The van der Waals surface area contributed by atoms with Crippen LogP contribution in [-0.2, 0) is 6.54 Å². The summed E-state index contributed by atoms with van der Waals surface area (Å²) in [6.07, 6.45) is 2.28. The average molecular weight is 250 g/mol. The van der Waals surface area contributed by atoms with E-state index in [2.05, 4.69) is 18.0 Å². The van der Waals surface area contributed by atoms with Crippen molar-refractivity contribution in [3.05, 3.63) is 23.8 Å². The van der Waals surface area contributed by atoms with E-state index in [1.807, 2.05) is 12.1 Å². The van der Waals surface area contributed by atoms with E-state index < -0.39 is 0 Å². The molecule has 0 heterocycles. The van der Waals surface area contributed by atoms with Crippen LogP contribution < -0.4 is 15.2 Å². The van der Waals surface area contributed by atoms with Crippen LogP contribution in [-0.4, -0.2) is 38.3 Å². The van der Waals surface area contributed by atoms with Crippen LogP contribution >= 0.6 is 0 Å². The number of benzene rings is 1. The number of likely N-dealkylation sites (N-methyl/N-ethyl adjacent to an activating group) is 1. The van der Waals surface area contributed by atoms with Crippen molar-refractivity contribution < 1.29 is 9.47 Å². The van der Waals surface area contributed by atoms with E-state index in [9.17, 15) is 0 Å². The Kier molecular flexibility index (Phi) is 3.78. The molecule has 4 nitrogen and oxygen atoms in total. The zero-order valence-electron chi connectivity index (χ0n) is 11.4. The molecule has 0 atom stereocenters. The molecule has 0 unspecified atom stereocenters. The number of methoxy groups -OCH3 is 2. The van der Waals surface area contributed by atoms with Gasteiger partial charge in [0.05, 0.1) is 14.2 Å². The SMILES string of the molecule is COc1ccc(CN(C)CC2(N)CC2)cc1OC. The highest BCUT2D eigenvalue weighted by Gasteiger charge is 2.38. The minimum Gasteiger partial charge on any atom is -0.493 e. The molecule has 18 heavy (non-hydrogen) atoms. The molecule has 1 saturated carbocycles. The molecule has 2 N–H and O–H groups in total. The summed E-state index contributed by atoms with van der Waals surface area (Å²) in [5, 5.41) is 0. The van der Waals surface area contributed by atoms with Gasteiger partial charge in [0.25, 0.3) is 0 Å². The summed E-state index contributed by atoms with van der Waals surface area (Å²) in [6, 6.07) is 6.02. The molecule has 0 aliphatic heterocycles. The van der Waals surface area contributed by atoms with Gasteiger partial charge >= 0.3 is 0 Å². The minimum absolute atomic E-state index is 0.0608. The first-order valence-electron chi connectivity index (χ1n) is 6.25. The van der Waals surface area contributed by atoms with Crippen LogP contribution in [0.3, 0.4) is 0 Å². The molecule has 0 aromatic heterocycles. The van der Waals surface area contributed by atoms with Crippen LogP contribution in [0.25, 0.3) is 0 Å². The summed E-state index contributed by atoms with van der Waals surface area (Å²) in [5.74, 6) is 1.54. The summed E-state index contributed by atoms with van der Waals surface area (Å²) in [6.45, 7) is 1.82. The molecule has 100 valence electrons. The quantitative estimate of drug-likeness (QED) is 0.833. The van der Waals surface area contributed by atoms with Crippen LogP contribution in [0.1, 0.15) is 18.4 Å². The number of rotatable bonds is 6. The second-order valence-corrected chi connectivity index (χ2v) is 5.22. The Morgan fingerprint density at radius 3 is 2.44 bits per heavy atom. The Labute approximate surface area is 109 Å². The Balaban J connectivity index is 2.00. The van der Waals surface area contributed by atoms with Crippen LogP contribution in [0.2, 0.25) is 0 Å². The van der Waals surface area contributed by atoms with Gasteiger partial charge in [-0.3, -0.25) is 0 Å². The van der Waals surface area contributed by atoms with Gasteiger partial charge < -0.3 is 20.1 Å². The standard InChI is InChI=1S/C14H22N2O2/c1-16(10-14(15)6-7-14)9-11-4-5-12(17-2)13(8-11)18-3/h4-5,8H,6-7,9-10,15H2,1-3H3. The van der Waals surface area contributed by atoms with Gasteiger partial charge in [-0.05, 0) is 37.6 Å². The third kappa shape index (κ3) is 3.15. The highest BCUT2D eigenvalue weighted by Crippen LogP contribution is 2.33. The second-order valence-electron chi connectivity index (χ2n) is 5.22. The number of hydrogen-bond acceptors (Lipinski definition) is 4. The summed E-state index contributed by atoms with van der Waals surface area (Å²) < 4.78 is 10.5. The number of ether oxygens (including phenoxy) is 2. The van der Waals surface area contributed by atoms with E-state index in [0.29, 0.717) is 0 Å². The molecule has 1 aliphatic rings. The molecule has 0 bridgehead atoms. The monoisotopic (exact) mass is 250 g/mol. The van der Waals surface area contributed by atoms with E-state index in [4.69, 9.17) is 15.2 Å². The smallest absolute Gasteiger partial charge is 0.161 e. The van der Waals surface area contributed by atoms with Crippen LogP contribution in [0, 0.1) is 0 Å². The molecule has 1 fully saturated rings. The maximum Gasteiger partial charge on any atom is 0.161 e. The number of nitrogens with two attached hydrogens (primary N) is 1. The van der Waals surface area contributed by atoms with E-state index >= 15 is 0 Å². The van der Waals surface area contributed by atoms with Crippen LogP contribution in [0.4, 0.5) is 0 Å². The molecule has 1 aromatic carbocycles. The zero-order valence-corrected chi connectivity index (χ0v) is 11.4. The predicted molar refractivity (Wildman–Crippen MR) is 72.0 cm³/mol. The molecule has 2 rings (SSSR count). The van der Waals surface area contributed by atoms with Crippen molar-refractivity contribution in [2.24, 2.45) is 5.73 Å². The molecule has 0 saturated heterocycles. The molecule has 4 heteroatoms. The Bertz CT molecular complexity index is 416. The fraction of sp³-hybridized carbons (Fsp3) is 0.571. The van der Waals surface area contributed by atoms with Gasteiger partial charge in [0, 0.05) is 18.6 Å². The molecule has 0 radical (unpaired) electrons. The van der Waals surface area contributed by atoms with Gasteiger partial charge in [0.15, 0.2) is 11.5 Å². The highest BCUT2D eigenvalue weighted by atomic mass is 16.5. The van der Waals surface area contributed by atoms with E-state index in [1.165, 1.54) is 5.56 Å². The van der Waals surface area contributed by atoms with Gasteiger partial charge in [0.2, 0.25) is 0 Å². The van der Waals surface area contributed by atoms with Crippen molar-refractivity contribution in [1.29, 1.82) is 0 Å². The molecular formula is C14H22N2O2. The molecule has 1 aromatic rings. The Morgan fingerprint density at radius 1 is 1.22 bits per heavy atom. The zero-order chi connectivity index (χ0) is 13.2. The van der Waals surface area contributed by atoms with E-state index in [-0.39, 0.29) is 5.54 Å². The normalized spacial score (nSPS) is 16.7. The summed E-state index contributed by atoms with van der Waals surface area (Å²) in [7, 11) is 5.41. The first kappa shape index (κ1) is 13.2. The van der Waals surface area contributed by atoms with E-state index in [1.54, 1.807) is 14.2 Å². The average Bonchev–Trinajstić information content (AvgIpc) is 3.06. The van der Waals surface area contributed by atoms with Gasteiger partial charge in [0.1, 0.15) is 0 Å². The van der Waals surface area contributed by atoms with Crippen molar-refractivity contribution >= 4 is 0 Å². The van der Waals surface area contributed by atoms with Crippen molar-refractivity contribution in [2.75, 3.05) is 27.8 Å². The lowest BCUT2D eigenvalue weighted by Crippen LogP contribution is -2.36. The molecular weight excluding hydrogens is 228 g/mol. The topological polar surface area (TPSA) is 47.7 Å². The Hall–Kier alpha value is -1.26. The maximum atomic E-state index is 6.12. The predicted octanol–water partition coefficient (Wildman–Crippen LogP) is 1.63. The second kappa shape index (κ2) is 5.16. The minimum atomic E-state index is 0.0608. The van der Waals surface area contributed by atoms with Crippen molar-refractivity contribution in [1.82, 2.24) is 4.90 Å². The lowest BCUT2D eigenvalue weighted by atomic mass is 10.1. The van der Waals surface area contributed by atoms with Gasteiger partial charge in [-0.15, -0.1) is 0 Å². The van der Waals surface area contributed by atoms with Crippen molar-refractivity contribution in [3.8, 4) is 11.5 Å². The summed E-state index contributed by atoms with van der Waals surface area (Å²) in [4.78, 5) is 2.26. The maximum absolute atomic E-state index is 6.12. The highest BCUT2D eigenvalue weighted by molar-refractivity contribution is 5.42. The first-order chi connectivity index (χ1) is 8.56. The fourth-order valence-electron chi connectivity index (χ4n) is 2.20. The van der Waals surface area contributed by atoms with Gasteiger partial charge in [-0.1, -0.05) is 6.07 Å². The van der Waals surface area contributed by atoms with Crippen LogP contribution in [0.5, 0.6) is 11.5 Å². The molecule has 0 amide bonds. The lowest BCUT2D eigenvalue weighted by Gasteiger charge is -2.21. The third-order valence-electron chi connectivity index (χ3n) is 3.38. The number of nitrogens with zero attached hydrogens (tertiary/aromatic N) is 1. The van der Waals surface area contributed by atoms with Crippen molar-refractivity contribution in [3.63, 3.8) is 0 Å². The van der Waals surface area contributed by atoms with Gasteiger partial charge in [-0.2, -0.15) is 0 Å². The molecule has 1 aliphatic carbocycles. The summed E-state index contributed by atoms with van der Waals surface area (Å²) in [5.41, 5.74) is 7.39. The largest absolute Gasteiger partial charge is 0.493 e. The lowest BCUT2D eigenvalue weighted by molar-refractivity contribution is 0.294. The first-order valence-corrected chi connectivity index (χ1v) is 6.25. The molecule has 0 spiro atoms. The van der Waals surface area contributed by atoms with E-state index in [0.717, 1.165) is 37.4 Å². The fourth-order valence-corrected chi connectivity index (χ4v) is 2.20. The Morgan fingerprint density at radius 2 is 1.89 bits per heavy atom. The third-order valence-corrected chi connectivity index (χ3v) is 3.38.